The molecule has 0 unspecified atom stereocenters. The Balaban J connectivity index is 2.02. The first-order valence-corrected chi connectivity index (χ1v) is 12.0. The minimum atomic E-state index is -3.80. The fraction of sp³-hybridized carbons (Fsp3) is 0.0455. The molecular weight excluding hydrogens is 486 g/mol. The largest absolute Gasteiger partial charge is 0.496 e. The van der Waals surface area contributed by atoms with Gasteiger partial charge in [0.15, 0.2) is 5.43 Å². The summed E-state index contributed by atoms with van der Waals surface area (Å²) in [5.41, 5.74) is 1.93. The number of halogens is 1. The van der Waals surface area contributed by atoms with Crippen LogP contribution in [0.3, 0.4) is 0 Å². The van der Waals surface area contributed by atoms with Crippen molar-refractivity contribution in [1.82, 2.24) is 0 Å². The van der Waals surface area contributed by atoms with Gasteiger partial charge in [-0.3, -0.25) is 4.79 Å². The Bertz CT molecular complexity index is 1430. The van der Waals surface area contributed by atoms with Gasteiger partial charge in [-0.25, -0.2) is 13.6 Å². The lowest BCUT2D eigenvalue weighted by Crippen LogP contribution is -2.11. The van der Waals surface area contributed by atoms with Gasteiger partial charge in [0, 0.05) is 20.5 Å². The minimum Gasteiger partial charge on any atom is -0.496 e. The van der Waals surface area contributed by atoms with Gasteiger partial charge in [-0.1, -0.05) is 30.3 Å². The van der Waals surface area contributed by atoms with Crippen molar-refractivity contribution in [2.24, 2.45) is 5.14 Å². The van der Waals surface area contributed by atoms with Crippen molar-refractivity contribution in [2.75, 3.05) is 7.11 Å². The lowest BCUT2D eigenvalue weighted by molar-refractivity contribution is 0.412. The number of hydrogen-bond donors (Lipinski definition) is 1. The van der Waals surface area contributed by atoms with Crippen LogP contribution in [0.1, 0.15) is 0 Å². The molecule has 5 nitrogen and oxygen atoms in total. The first-order valence-electron chi connectivity index (χ1n) is 8.82. The molecule has 0 atom stereocenters. The topological polar surface area (TPSA) is 86.5 Å². The molecule has 3 aromatic carbocycles. The molecule has 4 aromatic rings. The molecule has 0 aliphatic rings. The van der Waals surface area contributed by atoms with E-state index in [-0.39, 0.29) is 10.3 Å². The quantitative estimate of drug-likeness (QED) is 0.425. The number of hydrogen-bond acceptors (Lipinski definition) is 5. The molecule has 4 rings (SSSR count). The van der Waals surface area contributed by atoms with E-state index in [2.05, 4.69) is 15.9 Å². The lowest BCUT2D eigenvalue weighted by atomic mass is 10.0. The van der Waals surface area contributed by atoms with Crippen molar-refractivity contribution in [3.05, 3.63) is 81.4 Å². The number of ether oxygens (including phenoxy) is 1. The standard InChI is InChI=1S/C22H16BrNO4S2/c1-28-18-11-8-14(12-17(18)23)20-21(25)16-4-2-3-5-19(16)29-22(20)13-6-9-15(10-7-13)30(24,26)27/h2-12H,1H3,(H2,24,26,27). The summed E-state index contributed by atoms with van der Waals surface area (Å²) in [4.78, 5) is 14.2. The van der Waals surface area contributed by atoms with Crippen LogP contribution in [-0.2, 0) is 10.0 Å². The van der Waals surface area contributed by atoms with Crippen LogP contribution in [0.4, 0.5) is 0 Å². The van der Waals surface area contributed by atoms with Gasteiger partial charge in [0.2, 0.25) is 10.0 Å². The Kier molecular flexibility index (Phi) is 5.50. The van der Waals surface area contributed by atoms with E-state index in [1.807, 2.05) is 36.4 Å². The first kappa shape index (κ1) is 20.7. The highest BCUT2D eigenvalue weighted by Gasteiger charge is 2.18. The van der Waals surface area contributed by atoms with E-state index in [9.17, 15) is 13.2 Å². The summed E-state index contributed by atoms with van der Waals surface area (Å²) in [5.74, 6) is 0.662. The van der Waals surface area contributed by atoms with Crippen molar-refractivity contribution in [3.8, 4) is 27.3 Å². The van der Waals surface area contributed by atoms with Crippen molar-refractivity contribution >= 4 is 47.4 Å². The SMILES string of the molecule is COc1ccc(-c2c(-c3ccc(S(N)(=O)=O)cc3)sc3ccccc3c2=O)cc1Br. The molecule has 8 heteroatoms. The van der Waals surface area contributed by atoms with E-state index in [0.717, 1.165) is 25.2 Å². The smallest absolute Gasteiger partial charge is 0.238 e. The van der Waals surface area contributed by atoms with Crippen LogP contribution in [0.2, 0.25) is 0 Å². The van der Waals surface area contributed by atoms with Crippen molar-refractivity contribution in [2.45, 2.75) is 4.90 Å². The van der Waals surface area contributed by atoms with E-state index >= 15 is 0 Å². The van der Waals surface area contributed by atoms with Crippen molar-refractivity contribution in [3.63, 3.8) is 0 Å². The zero-order chi connectivity index (χ0) is 21.5. The molecule has 152 valence electrons. The van der Waals surface area contributed by atoms with E-state index in [1.165, 1.54) is 23.5 Å². The maximum atomic E-state index is 13.5. The first-order chi connectivity index (χ1) is 14.3. The maximum Gasteiger partial charge on any atom is 0.238 e. The number of primary sulfonamides is 1. The van der Waals surface area contributed by atoms with Gasteiger partial charge in [-0.05, 0) is 63.5 Å². The molecule has 0 fully saturated rings. The molecule has 0 aliphatic heterocycles. The van der Waals surface area contributed by atoms with Gasteiger partial charge < -0.3 is 4.74 Å². The molecule has 0 radical (unpaired) electrons. The average Bonchev–Trinajstić information content (AvgIpc) is 2.73. The number of sulfonamides is 1. The molecule has 0 bridgehead atoms. The van der Waals surface area contributed by atoms with Crippen LogP contribution in [0.5, 0.6) is 5.75 Å². The fourth-order valence-electron chi connectivity index (χ4n) is 3.23. The number of benzene rings is 3. The second-order valence-electron chi connectivity index (χ2n) is 6.55. The molecule has 0 amide bonds. The highest BCUT2D eigenvalue weighted by atomic mass is 79.9. The second-order valence-corrected chi connectivity index (χ2v) is 10.0. The third-order valence-corrected chi connectivity index (χ3v) is 7.45. The summed E-state index contributed by atoms with van der Waals surface area (Å²) in [5, 5.41) is 5.85. The van der Waals surface area contributed by atoms with Gasteiger partial charge in [-0.15, -0.1) is 11.3 Å². The predicted molar refractivity (Wildman–Crippen MR) is 125 cm³/mol. The van der Waals surface area contributed by atoms with Crippen LogP contribution < -0.4 is 15.3 Å². The fourth-order valence-corrected chi connectivity index (χ4v) is 5.49. The molecular formula is C22H16BrNO4S2. The van der Waals surface area contributed by atoms with Gasteiger partial charge in [-0.2, -0.15) is 0 Å². The van der Waals surface area contributed by atoms with Crippen LogP contribution in [-0.4, -0.2) is 15.5 Å². The Morgan fingerprint density at radius 2 is 1.63 bits per heavy atom. The van der Waals surface area contributed by atoms with E-state index in [0.29, 0.717) is 16.7 Å². The Morgan fingerprint density at radius 3 is 2.27 bits per heavy atom. The van der Waals surface area contributed by atoms with Crippen molar-refractivity contribution < 1.29 is 13.2 Å². The molecule has 1 aromatic heterocycles. The van der Waals surface area contributed by atoms with Crippen LogP contribution in [0.25, 0.3) is 31.7 Å². The van der Waals surface area contributed by atoms with Gasteiger partial charge in [0.1, 0.15) is 5.75 Å². The molecule has 30 heavy (non-hydrogen) atoms. The molecule has 1 heterocycles. The second kappa shape index (κ2) is 7.96. The molecule has 2 N–H and O–H groups in total. The van der Waals surface area contributed by atoms with E-state index in [4.69, 9.17) is 9.88 Å². The normalized spacial score (nSPS) is 11.6. The lowest BCUT2D eigenvalue weighted by Gasteiger charge is -2.13. The Labute approximate surface area is 185 Å². The molecule has 0 saturated carbocycles. The van der Waals surface area contributed by atoms with Gasteiger partial charge >= 0.3 is 0 Å². The third kappa shape index (κ3) is 3.79. The van der Waals surface area contributed by atoms with Gasteiger partial charge in [0.25, 0.3) is 0 Å². The summed E-state index contributed by atoms with van der Waals surface area (Å²) < 4.78 is 30.1. The molecule has 0 spiro atoms. The van der Waals surface area contributed by atoms with Crippen LogP contribution >= 0.6 is 27.3 Å². The number of fused-ring (bicyclic) bond motifs is 1. The Hall–Kier alpha value is -2.52. The van der Waals surface area contributed by atoms with Gasteiger partial charge in [0.05, 0.1) is 16.5 Å². The summed E-state index contributed by atoms with van der Waals surface area (Å²) in [6, 6.07) is 19.1. The highest BCUT2D eigenvalue weighted by Crippen LogP contribution is 2.39. The minimum absolute atomic E-state index is 0.0214. The highest BCUT2D eigenvalue weighted by molar-refractivity contribution is 9.10. The average molecular weight is 502 g/mol. The Morgan fingerprint density at radius 1 is 0.967 bits per heavy atom. The van der Waals surface area contributed by atoms with Crippen molar-refractivity contribution in [1.29, 1.82) is 0 Å². The van der Waals surface area contributed by atoms with E-state index < -0.39 is 10.0 Å². The summed E-state index contributed by atoms with van der Waals surface area (Å²) in [6.45, 7) is 0. The number of rotatable bonds is 4. The molecule has 0 saturated heterocycles. The zero-order valence-corrected chi connectivity index (χ0v) is 19.0. The number of methoxy groups -OCH3 is 1. The zero-order valence-electron chi connectivity index (χ0n) is 15.8. The predicted octanol–water partition coefficient (Wildman–Crippen LogP) is 5.01. The summed E-state index contributed by atoms with van der Waals surface area (Å²) in [6.07, 6.45) is 0. The monoisotopic (exact) mass is 501 g/mol. The summed E-state index contributed by atoms with van der Waals surface area (Å²) in [7, 11) is -2.22. The molecule has 0 aliphatic carbocycles. The van der Waals surface area contributed by atoms with Crippen LogP contribution in [0, 0.1) is 0 Å². The summed E-state index contributed by atoms with van der Waals surface area (Å²) >= 11 is 4.96. The van der Waals surface area contributed by atoms with Crippen LogP contribution in [0.15, 0.2) is 80.9 Å². The third-order valence-electron chi connectivity index (χ3n) is 4.68. The van der Waals surface area contributed by atoms with E-state index in [1.54, 1.807) is 25.3 Å². The maximum absolute atomic E-state index is 13.5. The number of nitrogens with two attached hydrogens (primary N) is 1.